The summed E-state index contributed by atoms with van der Waals surface area (Å²) in [5.41, 5.74) is -0.212. The van der Waals surface area contributed by atoms with Crippen LogP contribution in [0.15, 0.2) is 18.5 Å². The lowest BCUT2D eigenvalue weighted by molar-refractivity contribution is -0.157. The maximum absolute atomic E-state index is 11.5. The van der Waals surface area contributed by atoms with Crippen LogP contribution in [0.2, 0.25) is 0 Å². The number of aromatic nitrogens is 2. The first kappa shape index (κ1) is 10.4. The molecule has 1 saturated carbocycles. The van der Waals surface area contributed by atoms with Crippen molar-refractivity contribution in [3.8, 4) is 0 Å². The number of nitrogens with zero attached hydrogens (tertiary/aromatic N) is 2. The molecule has 15 heavy (non-hydrogen) atoms. The fourth-order valence-electron chi connectivity index (χ4n) is 1.80. The molecule has 2 atom stereocenters. The normalized spacial score (nSPS) is 26.5. The zero-order valence-corrected chi connectivity index (χ0v) is 9.30. The molecule has 4 heteroatoms. The zero-order valence-electron chi connectivity index (χ0n) is 9.30. The molecule has 1 aliphatic rings. The van der Waals surface area contributed by atoms with Gasteiger partial charge in [-0.3, -0.25) is 9.48 Å². The summed E-state index contributed by atoms with van der Waals surface area (Å²) in [6, 6.07) is 1.60. The topological polar surface area (TPSA) is 44.1 Å². The summed E-state index contributed by atoms with van der Waals surface area (Å²) in [4.78, 5) is 11.5. The van der Waals surface area contributed by atoms with E-state index < -0.39 is 0 Å². The van der Waals surface area contributed by atoms with Gasteiger partial charge >= 0.3 is 0 Å². The molecular formula is C11H16N2O2. The molecule has 0 spiro atoms. The Morgan fingerprint density at radius 3 is 2.73 bits per heavy atom. The quantitative estimate of drug-likeness (QED) is 0.741. The van der Waals surface area contributed by atoms with Gasteiger partial charge in [-0.05, 0) is 26.8 Å². The van der Waals surface area contributed by atoms with E-state index in [0.29, 0.717) is 6.42 Å². The van der Waals surface area contributed by atoms with E-state index in [0.717, 1.165) is 0 Å². The Kier molecular flexibility index (Phi) is 2.38. The average Bonchev–Trinajstić information content (AvgIpc) is 2.53. The molecular weight excluding hydrogens is 192 g/mol. The molecule has 0 bridgehead atoms. The van der Waals surface area contributed by atoms with E-state index in [9.17, 15) is 4.79 Å². The fraction of sp³-hybridized carbons (Fsp3) is 0.636. The second-order valence-electron chi connectivity index (χ2n) is 4.87. The van der Waals surface area contributed by atoms with Crippen LogP contribution >= 0.6 is 0 Å². The van der Waals surface area contributed by atoms with Gasteiger partial charge in [0.25, 0.3) is 0 Å². The van der Waals surface area contributed by atoms with Gasteiger partial charge in [-0.15, -0.1) is 0 Å². The molecule has 0 radical (unpaired) electrons. The molecule has 1 aliphatic carbocycles. The van der Waals surface area contributed by atoms with Gasteiger partial charge in [0, 0.05) is 18.8 Å². The number of ether oxygens (including phenoxy) is 1. The van der Waals surface area contributed by atoms with Crippen LogP contribution in [-0.4, -0.2) is 27.3 Å². The smallest absolute Gasteiger partial charge is 0.162 e. The molecule has 1 fully saturated rings. The van der Waals surface area contributed by atoms with Crippen LogP contribution in [-0.2, 0) is 9.53 Å². The molecule has 0 amide bonds. The molecule has 0 N–H and O–H groups in total. The maximum atomic E-state index is 11.5. The van der Waals surface area contributed by atoms with E-state index in [1.54, 1.807) is 17.1 Å². The van der Waals surface area contributed by atoms with Crippen LogP contribution in [0.4, 0.5) is 0 Å². The minimum Gasteiger partial charge on any atom is -0.369 e. The Balaban J connectivity index is 2.08. The molecule has 4 nitrogen and oxygen atoms in total. The van der Waals surface area contributed by atoms with Crippen molar-refractivity contribution in [2.24, 2.45) is 0 Å². The number of hydrogen-bond acceptors (Lipinski definition) is 3. The lowest BCUT2D eigenvalue weighted by Gasteiger charge is -2.38. The Labute approximate surface area is 89.2 Å². The Hall–Kier alpha value is -1.16. The summed E-state index contributed by atoms with van der Waals surface area (Å²) < 4.78 is 7.48. The fourth-order valence-corrected chi connectivity index (χ4v) is 1.80. The second kappa shape index (κ2) is 3.45. The van der Waals surface area contributed by atoms with Crippen molar-refractivity contribution in [1.29, 1.82) is 0 Å². The highest BCUT2D eigenvalue weighted by molar-refractivity contribution is 5.89. The second-order valence-corrected chi connectivity index (χ2v) is 4.87. The monoisotopic (exact) mass is 208 g/mol. The van der Waals surface area contributed by atoms with Crippen molar-refractivity contribution in [3.05, 3.63) is 18.5 Å². The van der Waals surface area contributed by atoms with Crippen molar-refractivity contribution in [3.63, 3.8) is 0 Å². The first-order valence-corrected chi connectivity index (χ1v) is 5.17. The maximum Gasteiger partial charge on any atom is 0.162 e. The molecule has 82 valence electrons. The molecule has 1 aromatic rings. The van der Waals surface area contributed by atoms with Gasteiger partial charge in [-0.25, -0.2) is 0 Å². The third-order valence-electron chi connectivity index (χ3n) is 2.40. The van der Waals surface area contributed by atoms with Crippen molar-refractivity contribution in [2.75, 3.05) is 0 Å². The van der Waals surface area contributed by atoms with E-state index in [1.165, 1.54) is 0 Å². The largest absolute Gasteiger partial charge is 0.369 e. The highest BCUT2D eigenvalue weighted by Gasteiger charge is 2.44. The van der Waals surface area contributed by atoms with Crippen molar-refractivity contribution < 1.29 is 9.53 Å². The van der Waals surface area contributed by atoms with Gasteiger partial charge in [-0.1, -0.05) is 0 Å². The Morgan fingerprint density at radius 1 is 1.53 bits per heavy atom. The SMILES string of the molecule is CC(C)(C)O[C@@H]1CC(=O)[C@H]1n1cccn1. The molecule has 2 rings (SSSR count). The number of ketones is 1. The molecule has 1 heterocycles. The number of hydrogen-bond donors (Lipinski definition) is 0. The third-order valence-corrected chi connectivity index (χ3v) is 2.40. The van der Waals surface area contributed by atoms with E-state index in [1.807, 2.05) is 26.8 Å². The average molecular weight is 208 g/mol. The lowest BCUT2D eigenvalue weighted by Crippen LogP contribution is -2.48. The molecule has 0 aliphatic heterocycles. The number of carbonyl (C=O) groups is 1. The standard InChI is InChI=1S/C11H16N2O2/c1-11(2,3)15-9-7-8(14)10(9)13-6-4-5-12-13/h4-6,9-10H,7H2,1-3H3/t9-,10-/m1/s1. The Morgan fingerprint density at radius 2 is 2.27 bits per heavy atom. The van der Waals surface area contributed by atoms with Crippen LogP contribution in [0.25, 0.3) is 0 Å². The molecule has 0 saturated heterocycles. The van der Waals surface area contributed by atoms with Crippen LogP contribution in [0.3, 0.4) is 0 Å². The van der Waals surface area contributed by atoms with E-state index in [-0.39, 0.29) is 23.5 Å². The lowest BCUT2D eigenvalue weighted by atomic mass is 9.87. The highest BCUT2D eigenvalue weighted by atomic mass is 16.5. The van der Waals surface area contributed by atoms with Crippen molar-refractivity contribution >= 4 is 5.78 Å². The summed E-state index contributed by atoms with van der Waals surface area (Å²) in [6.45, 7) is 5.99. The van der Waals surface area contributed by atoms with Gasteiger partial charge in [0.2, 0.25) is 0 Å². The van der Waals surface area contributed by atoms with Gasteiger partial charge in [0.15, 0.2) is 5.78 Å². The number of carbonyl (C=O) groups excluding carboxylic acids is 1. The zero-order chi connectivity index (χ0) is 11.1. The summed E-state index contributed by atoms with van der Waals surface area (Å²) in [6.07, 6.45) is 3.96. The Bertz CT molecular complexity index is 351. The minimum atomic E-state index is -0.223. The molecule has 0 aromatic carbocycles. The minimum absolute atomic E-state index is 0.0302. The predicted molar refractivity (Wildman–Crippen MR) is 55.5 cm³/mol. The first-order chi connectivity index (χ1) is 6.97. The van der Waals surface area contributed by atoms with Gasteiger partial charge in [0.1, 0.15) is 6.04 Å². The summed E-state index contributed by atoms with van der Waals surface area (Å²) >= 11 is 0. The molecule has 1 aromatic heterocycles. The van der Waals surface area contributed by atoms with E-state index in [4.69, 9.17) is 4.74 Å². The van der Waals surface area contributed by atoms with Crippen LogP contribution in [0, 0.1) is 0 Å². The number of Topliss-reactive ketones (excluding diaryl/α,β-unsaturated/α-hetero) is 1. The summed E-state index contributed by atoms with van der Waals surface area (Å²) in [5, 5.41) is 4.08. The van der Waals surface area contributed by atoms with Gasteiger partial charge in [-0.2, -0.15) is 5.10 Å². The van der Waals surface area contributed by atoms with Crippen molar-refractivity contribution in [2.45, 2.75) is 44.9 Å². The molecule has 0 unspecified atom stereocenters. The van der Waals surface area contributed by atoms with Crippen molar-refractivity contribution in [1.82, 2.24) is 9.78 Å². The van der Waals surface area contributed by atoms with Crippen LogP contribution < -0.4 is 0 Å². The summed E-state index contributed by atoms with van der Waals surface area (Å²) in [7, 11) is 0. The van der Waals surface area contributed by atoms with E-state index >= 15 is 0 Å². The van der Waals surface area contributed by atoms with Crippen LogP contribution in [0.1, 0.15) is 33.2 Å². The van der Waals surface area contributed by atoms with E-state index in [2.05, 4.69) is 5.10 Å². The van der Waals surface area contributed by atoms with Crippen LogP contribution in [0.5, 0.6) is 0 Å². The number of rotatable bonds is 2. The summed E-state index contributed by atoms with van der Waals surface area (Å²) in [5.74, 6) is 0.202. The highest BCUT2D eigenvalue weighted by Crippen LogP contribution is 2.33. The van der Waals surface area contributed by atoms with Gasteiger partial charge < -0.3 is 4.74 Å². The third kappa shape index (κ3) is 2.09. The van der Waals surface area contributed by atoms with Gasteiger partial charge in [0.05, 0.1) is 11.7 Å². The first-order valence-electron chi connectivity index (χ1n) is 5.17. The predicted octanol–water partition coefficient (Wildman–Crippen LogP) is 1.58.